The van der Waals surface area contributed by atoms with Crippen LogP contribution in [0.3, 0.4) is 0 Å². The van der Waals surface area contributed by atoms with Gasteiger partial charge in [0.1, 0.15) is 11.5 Å². The fraction of sp³-hybridized carbons (Fsp3) is 0. The molecule has 0 spiro atoms. The summed E-state index contributed by atoms with van der Waals surface area (Å²) >= 11 is 0. The van der Waals surface area contributed by atoms with Gasteiger partial charge in [0.25, 0.3) is 15.7 Å². The predicted molar refractivity (Wildman–Crippen MR) is 74.7 cm³/mol. The third kappa shape index (κ3) is 2.96. The fourth-order valence-corrected chi connectivity index (χ4v) is 2.66. The van der Waals surface area contributed by atoms with Crippen molar-refractivity contribution in [2.24, 2.45) is 0 Å². The van der Waals surface area contributed by atoms with E-state index in [2.05, 4.69) is 0 Å². The number of nitrogens with one attached hydrogen (secondary N) is 1. The first-order chi connectivity index (χ1) is 10.2. The van der Waals surface area contributed by atoms with Crippen LogP contribution in [0.15, 0.2) is 41.3 Å². The Morgan fingerprint density at radius 2 is 1.68 bits per heavy atom. The van der Waals surface area contributed by atoms with E-state index in [4.69, 9.17) is 5.73 Å². The fourth-order valence-electron chi connectivity index (χ4n) is 1.60. The van der Waals surface area contributed by atoms with Gasteiger partial charge in [-0.1, -0.05) is 0 Å². The summed E-state index contributed by atoms with van der Waals surface area (Å²) in [5, 5.41) is 10.5. The Labute approximate surface area is 123 Å². The van der Waals surface area contributed by atoms with Gasteiger partial charge in [0.2, 0.25) is 0 Å². The number of anilines is 2. The number of nitro benzene ring substituents is 1. The van der Waals surface area contributed by atoms with E-state index in [0.717, 1.165) is 36.4 Å². The van der Waals surface area contributed by atoms with Crippen LogP contribution in [-0.4, -0.2) is 13.3 Å². The van der Waals surface area contributed by atoms with Crippen LogP contribution in [-0.2, 0) is 10.0 Å². The van der Waals surface area contributed by atoms with Crippen LogP contribution < -0.4 is 10.5 Å². The third-order valence-corrected chi connectivity index (χ3v) is 4.11. The number of nitrogens with zero attached hydrogens (tertiary/aromatic N) is 1. The molecule has 0 heterocycles. The summed E-state index contributed by atoms with van der Waals surface area (Å²) in [5.41, 5.74) is 3.49. The standard InChI is InChI=1S/C12H9F2N3O4S/c13-9-5-6-10(11(14)12(9)15)16-22(20,21)8-3-1-7(2-4-8)17(18)19/h1-6,16H,15H2. The van der Waals surface area contributed by atoms with Crippen LogP contribution in [0.1, 0.15) is 0 Å². The van der Waals surface area contributed by atoms with Gasteiger partial charge in [-0.15, -0.1) is 0 Å². The molecule has 116 valence electrons. The van der Waals surface area contributed by atoms with E-state index >= 15 is 0 Å². The van der Waals surface area contributed by atoms with Crippen LogP contribution in [0.5, 0.6) is 0 Å². The normalized spacial score (nSPS) is 11.2. The molecule has 2 aromatic rings. The molecule has 0 aliphatic heterocycles. The van der Waals surface area contributed by atoms with Crippen molar-refractivity contribution >= 4 is 27.1 Å². The van der Waals surface area contributed by atoms with Crippen molar-refractivity contribution in [2.45, 2.75) is 4.90 Å². The largest absolute Gasteiger partial charge is 0.394 e. The molecule has 3 N–H and O–H groups in total. The van der Waals surface area contributed by atoms with E-state index in [1.165, 1.54) is 0 Å². The SMILES string of the molecule is Nc1c(F)ccc(NS(=O)(=O)c2ccc([N+](=O)[O-])cc2)c1F. The monoisotopic (exact) mass is 329 g/mol. The molecule has 0 aromatic heterocycles. The summed E-state index contributed by atoms with van der Waals surface area (Å²) < 4.78 is 52.7. The van der Waals surface area contributed by atoms with Crippen molar-refractivity contribution in [1.82, 2.24) is 0 Å². The maximum absolute atomic E-state index is 13.7. The van der Waals surface area contributed by atoms with Gasteiger partial charge in [-0.2, -0.15) is 0 Å². The lowest BCUT2D eigenvalue weighted by Crippen LogP contribution is -2.14. The summed E-state index contributed by atoms with van der Waals surface area (Å²) in [4.78, 5) is 9.50. The van der Waals surface area contributed by atoms with Crippen LogP contribution in [0, 0.1) is 21.7 Å². The number of hydrogen-bond acceptors (Lipinski definition) is 5. The molecule has 0 amide bonds. The molecule has 2 aromatic carbocycles. The minimum Gasteiger partial charge on any atom is -0.394 e. The number of non-ortho nitro benzene ring substituents is 1. The molecule has 0 fully saturated rings. The third-order valence-electron chi connectivity index (χ3n) is 2.73. The van der Waals surface area contributed by atoms with Crippen molar-refractivity contribution in [3.8, 4) is 0 Å². The minimum absolute atomic E-state index is 0.295. The van der Waals surface area contributed by atoms with E-state index in [-0.39, 0.29) is 10.6 Å². The maximum Gasteiger partial charge on any atom is 0.269 e. The number of sulfonamides is 1. The molecular formula is C12H9F2N3O4S. The van der Waals surface area contributed by atoms with Crippen LogP contribution in [0.4, 0.5) is 25.8 Å². The lowest BCUT2D eigenvalue weighted by molar-refractivity contribution is -0.384. The van der Waals surface area contributed by atoms with E-state index in [0.29, 0.717) is 0 Å². The summed E-state index contributed by atoms with van der Waals surface area (Å²) in [5.74, 6) is -2.26. The van der Waals surface area contributed by atoms with E-state index in [1.807, 2.05) is 4.72 Å². The molecule has 0 unspecified atom stereocenters. The Kier molecular flexibility index (Phi) is 3.95. The first-order valence-electron chi connectivity index (χ1n) is 5.73. The molecule has 0 radical (unpaired) electrons. The Morgan fingerprint density at radius 1 is 1.09 bits per heavy atom. The molecule has 0 aliphatic carbocycles. The van der Waals surface area contributed by atoms with Gasteiger partial charge >= 0.3 is 0 Å². The lowest BCUT2D eigenvalue weighted by atomic mass is 10.2. The van der Waals surface area contributed by atoms with Crippen molar-refractivity contribution in [2.75, 3.05) is 10.5 Å². The number of nitrogen functional groups attached to an aromatic ring is 1. The first kappa shape index (κ1) is 15.6. The van der Waals surface area contributed by atoms with Crippen molar-refractivity contribution in [1.29, 1.82) is 0 Å². The number of nitro groups is 1. The van der Waals surface area contributed by atoms with Gasteiger partial charge in [-0.25, -0.2) is 17.2 Å². The number of benzene rings is 2. The second-order valence-corrected chi connectivity index (χ2v) is 5.86. The van der Waals surface area contributed by atoms with Gasteiger partial charge in [-0.3, -0.25) is 14.8 Å². The van der Waals surface area contributed by atoms with Gasteiger partial charge in [-0.05, 0) is 24.3 Å². The first-order valence-corrected chi connectivity index (χ1v) is 7.21. The molecule has 0 aliphatic rings. The average molecular weight is 329 g/mol. The molecule has 0 atom stereocenters. The molecule has 0 bridgehead atoms. The quantitative estimate of drug-likeness (QED) is 0.507. The smallest absolute Gasteiger partial charge is 0.269 e. The molecule has 7 nitrogen and oxygen atoms in total. The molecule has 22 heavy (non-hydrogen) atoms. The summed E-state index contributed by atoms with van der Waals surface area (Å²) in [7, 11) is -4.20. The van der Waals surface area contributed by atoms with Crippen LogP contribution in [0.25, 0.3) is 0 Å². The molecule has 0 saturated carbocycles. The highest BCUT2D eigenvalue weighted by atomic mass is 32.2. The molecular weight excluding hydrogens is 320 g/mol. The van der Waals surface area contributed by atoms with Gasteiger partial charge in [0.15, 0.2) is 5.82 Å². The molecule has 10 heteroatoms. The number of rotatable bonds is 4. The predicted octanol–water partition coefficient (Wildman–Crippen LogP) is 2.26. The zero-order valence-corrected chi connectivity index (χ0v) is 11.6. The van der Waals surface area contributed by atoms with Crippen molar-refractivity contribution in [3.63, 3.8) is 0 Å². The van der Waals surface area contributed by atoms with Crippen molar-refractivity contribution in [3.05, 3.63) is 58.1 Å². The zero-order chi connectivity index (χ0) is 16.5. The Hall–Kier alpha value is -2.75. The summed E-state index contributed by atoms with van der Waals surface area (Å²) in [6.45, 7) is 0. The Balaban J connectivity index is 2.36. The minimum atomic E-state index is -4.20. The number of halogens is 2. The Bertz CT molecular complexity index is 838. The van der Waals surface area contributed by atoms with Gasteiger partial charge < -0.3 is 5.73 Å². The topological polar surface area (TPSA) is 115 Å². The van der Waals surface area contributed by atoms with Crippen molar-refractivity contribution < 1.29 is 22.1 Å². The van der Waals surface area contributed by atoms with Crippen LogP contribution >= 0.6 is 0 Å². The van der Waals surface area contributed by atoms with Gasteiger partial charge in [0, 0.05) is 12.1 Å². The second-order valence-electron chi connectivity index (χ2n) is 4.18. The second kappa shape index (κ2) is 5.56. The average Bonchev–Trinajstić information content (AvgIpc) is 2.48. The highest BCUT2D eigenvalue weighted by Gasteiger charge is 2.19. The summed E-state index contributed by atoms with van der Waals surface area (Å²) in [6.07, 6.45) is 0. The zero-order valence-electron chi connectivity index (χ0n) is 10.8. The highest BCUT2D eigenvalue weighted by Crippen LogP contribution is 2.25. The molecule has 0 saturated heterocycles. The highest BCUT2D eigenvalue weighted by molar-refractivity contribution is 7.92. The molecule has 2 rings (SSSR count). The van der Waals surface area contributed by atoms with E-state index in [9.17, 15) is 27.3 Å². The number of hydrogen-bond donors (Lipinski definition) is 2. The van der Waals surface area contributed by atoms with E-state index < -0.39 is 38.0 Å². The van der Waals surface area contributed by atoms with Crippen LogP contribution in [0.2, 0.25) is 0 Å². The maximum atomic E-state index is 13.7. The summed E-state index contributed by atoms with van der Waals surface area (Å²) in [6, 6.07) is 5.65. The van der Waals surface area contributed by atoms with E-state index in [1.54, 1.807) is 0 Å². The lowest BCUT2D eigenvalue weighted by Gasteiger charge is -2.10. The van der Waals surface area contributed by atoms with Gasteiger partial charge in [0.05, 0.1) is 15.5 Å². The Morgan fingerprint density at radius 3 is 2.23 bits per heavy atom. The number of nitrogens with two attached hydrogens (primary N) is 1.